The predicted octanol–water partition coefficient (Wildman–Crippen LogP) is 3.54. The summed E-state index contributed by atoms with van der Waals surface area (Å²) < 4.78 is 0. The van der Waals surface area contributed by atoms with Crippen molar-refractivity contribution in [2.45, 2.75) is 96.6 Å². The molecule has 2 saturated carbocycles. The number of nitrogens with one attached hydrogen (secondary N) is 2. The van der Waals surface area contributed by atoms with Crippen molar-refractivity contribution in [3.8, 4) is 0 Å². The van der Waals surface area contributed by atoms with Gasteiger partial charge < -0.3 is 16.4 Å². The van der Waals surface area contributed by atoms with E-state index in [-0.39, 0.29) is 41.7 Å². The highest BCUT2D eigenvalue weighted by molar-refractivity contribution is 5.85. The molecule has 0 spiro atoms. The molecule has 4 N–H and O–H groups in total. The van der Waals surface area contributed by atoms with Crippen LogP contribution in [0.1, 0.15) is 85.0 Å². The summed E-state index contributed by atoms with van der Waals surface area (Å²) in [6.45, 7) is 6.65. The van der Waals surface area contributed by atoms with Gasteiger partial charge in [-0.3, -0.25) is 9.59 Å². The van der Waals surface area contributed by atoms with Gasteiger partial charge in [-0.15, -0.1) is 12.4 Å². The molecule has 0 aromatic rings. The van der Waals surface area contributed by atoms with Crippen molar-refractivity contribution in [2.75, 3.05) is 6.54 Å². The third-order valence-electron chi connectivity index (χ3n) is 6.77. The molecule has 2 fully saturated rings. The molecule has 0 heterocycles. The molecular weight excluding hydrogens is 362 g/mol. The lowest BCUT2D eigenvalue weighted by molar-refractivity contribution is -0.128. The van der Waals surface area contributed by atoms with Gasteiger partial charge in [0.2, 0.25) is 11.8 Å². The summed E-state index contributed by atoms with van der Waals surface area (Å²) in [6, 6.07) is 0.237. The smallest absolute Gasteiger partial charge is 0.223 e. The van der Waals surface area contributed by atoms with Crippen LogP contribution in [0.25, 0.3) is 0 Å². The highest BCUT2D eigenvalue weighted by atomic mass is 35.5. The minimum absolute atomic E-state index is 0. The van der Waals surface area contributed by atoms with Gasteiger partial charge in [0, 0.05) is 24.9 Å². The van der Waals surface area contributed by atoms with Crippen molar-refractivity contribution >= 4 is 24.2 Å². The molecule has 27 heavy (non-hydrogen) atoms. The topological polar surface area (TPSA) is 84.2 Å². The van der Waals surface area contributed by atoms with Crippen molar-refractivity contribution < 1.29 is 9.59 Å². The molecule has 1 atom stereocenters. The van der Waals surface area contributed by atoms with Crippen LogP contribution in [-0.2, 0) is 9.59 Å². The molecule has 0 aromatic heterocycles. The Bertz CT molecular complexity index is 472. The highest BCUT2D eigenvalue weighted by Gasteiger charge is 2.33. The Morgan fingerprint density at radius 2 is 1.63 bits per heavy atom. The molecule has 158 valence electrons. The maximum absolute atomic E-state index is 12.6. The number of carbonyl (C=O) groups excluding carboxylic acids is 2. The van der Waals surface area contributed by atoms with E-state index in [1.165, 1.54) is 32.1 Å². The summed E-state index contributed by atoms with van der Waals surface area (Å²) in [7, 11) is 0. The van der Waals surface area contributed by atoms with E-state index in [4.69, 9.17) is 5.73 Å². The van der Waals surface area contributed by atoms with Gasteiger partial charge in [0.25, 0.3) is 0 Å². The second-order valence-electron chi connectivity index (χ2n) is 9.09. The minimum atomic E-state index is -0.345. The predicted molar refractivity (Wildman–Crippen MR) is 113 cm³/mol. The summed E-state index contributed by atoms with van der Waals surface area (Å²) in [5.41, 5.74) is 5.53. The zero-order chi connectivity index (χ0) is 19.2. The van der Waals surface area contributed by atoms with Crippen LogP contribution >= 0.6 is 12.4 Å². The summed E-state index contributed by atoms with van der Waals surface area (Å²) in [5, 5.41) is 6.38. The number of rotatable bonds is 7. The molecule has 0 radical (unpaired) electrons. The van der Waals surface area contributed by atoms with Gasteiger partial charge in [0.05, 0.1) is 5.54 Å². The Labute approximate surface area is 171 Å². The van der Waals surface area contributed by atoms with Crippen molar-refractivity contribution in [1.82, 2.24) is 10.6 Å². The van der Waals surface area contributed by atoms with E-state index in [1.807, 2.05) is 6.92 Å². The summed E-state index contributed by atoms with van der Waals surface area (Å²) in [5.74, 6) is 1.26. The zero-order valence-corrected chi connectivity index (χ0v) is 18.2. The Hall–Kier alpha value is -0.810. The first-order chi connectivity index (χ1) is 12.3. The summed E-state index contributed by atoms with van der Waals surface area (Å²) in [4.78, 5) is 24.9. The van der Waals surface area contributed by atoms with Crippen molar-refractivity contribution in [3.63, 3.8) is 0 Å². The van der Waals surface area contributed by atoms with Gasteiger partial charge in [-0.05, 0) is 57.3 Å². The standard InChI is InChI=1S/C21H39N3O2.ClH/c1-15(2)21(3,14-22)24-20(26)17-9-11-18(12-10-17)23-19(25)13-16-7-5-4-6-8-16;/h15-18H,4-14,22H2,1-3H3,(H,23,25)(H,24,26);1H. The number of hydrogen-bond acceptors (Lipinski definition) is 3. The lowest BCUT2D eigenvalue weighted by Crippen LogP contribution is -2.56. The Morgan fingerprint density at radius 3 is 2.15 bits per heavy atom. The van der Waals surface area contributed by atoms with E-state index >= 15 is 0 Å². The third kappa shape index (κ3) is 7.26. The minimum Gasteiger partial charge on any atom is -0.353 e. The molecule has 1 unspecified atom stereocenters. The first-order valence-electron chi connectivity index (χ1n) is 10.7. The van der Waals surface area contributed by atoms with Gasteiger partial charge in [0.1, 0.15) is 0 Å². The molecule has 0 bridgehead atoms. The highest BCUT2D eigenvalue weighted by Crippen LogP contribution is 2.28. The van der Waals surface area contributed by atoms with Gasteiger partial charge in [-0.2, -0.15) is 0 Å². The average Bonchev–Trinajstić information content (AvgIpc) is 2.62. The van der Waals surface area contributed by atoms with Crippen LogP contribution in [-0.4, -0.2) is 29.9 Å². The largest absolute Gasteiger partial charge is 0.353 e. The van der Waals surface area contributed by atoms with Gasteiger partial charge in [-0.25, -0.2) is 0 Å². The molecule has 2 rings (SSSR count). The second kappa shape index (κ2) is 11.3. The SMILES string of the molecule is CC(C)C(C)(CN)NC(=O)C1CCC(NC(=O)CC2CCCCC2)CC1.Cl. The fourth-order valence-corrected chi connectivity index (χ4v) is 4.25. The van der Waals surface area contributed by atoms with Crippen LogP contribution in [0, 0.1) is 17.8 Å². The Balaban J connectivity index is 0.00000364. The average molecular weight is 402 g/mol. The lowest BCUT2D eigenvalue weighted by atomic mass is 9.83. The second-order valence-corrected chi connectivity index (χ2v) is 9.09. The molecule has 5 nitrogen and oxygen atoms in total. The van der Waals surface area contributed by atoms with Gasteiger partial charge >= 0.3 is 0 Å². The molecule has 6 heteroatoms. The quantitative estimate of drug-likeness (QED) is 0.609. The van der Waals surface area contributed by atoms with Crippen LogP contribution < -0.4 is 16.4 Å². The van der Waals surface area contributed by atoms with E-state index in [0.29, 0.717) is 24.8 Å². The van der Waals surface area contributed by atoms with E-state index in [2.05, 4.69) is 24.5 Å². The number of amides is 2. The number of hydrogen-bond donors (Lipinski definition) is 3. The number of nitrogens with two attached hydrogens (primary N) is 1. The summed E-state index contributed by atoms with van der Waals surface area (Å²) in [6.07, 6.45) is 10.5. The normalized spacial score (nSPS) is 26.0. The molecule has 0 saturated heterocycles. The molecule has 0 aromatic carbocycles. The fraction of sp³-hybridized carbons (Fsp3) is 0.905. The van der Waals surface area contributed by atoms with Crippen LogP contribution in [0.15, 0.2) is 0 Å². The van der Waals surface area contributed by atoms with E-state index in [1.54, 1.807) is 0 Å². The van der Waals surface area contributed by atoms with Crippen molar-refractivity contribution in [2.24, 2.45) is 23.5 Å². The van der Waals surface area contributed by atoms with Crippen molar-refractivity contribution in [3.05, 3.63) is 0 Å². The van der Waals surface area contributed by atoms with E-state index in [0.717, 1.165) is 25.7 Å². The van der Waals surface area contributed by atoms with Crippen molar-refractivity contribution in [1.29, 1.82) is 0 Å². The lowest BCUT2D eigenvalue weighted by Gasteiger charge is -2.36. The molecular formula is C21H40ClN3O2. The first-order valence-corrected chi connectivity index (χ1v) is 10.7. The Kier molecular flexibility index (Phi) is 10.1. The van der Waals surface area contributed by atoms with Gasteiger partial charge in [0.15, 0.2) is 0 Å². The van der Waals surface area contributed by atoms with E-state index < -0.39 is 0 Å². The molecule has 2 amide bonds. The maximum Gasteiger partial charge on any atom is 0.223 e. The number of carbonyl (C=O) groups is 2. The molecule has 2 aliphatic rings. The van der Waals surface area contributed by atoms with Gasteiger partial charge in [-0.1, -0.05) is 33.1 Å². The van der Waals surface area contributed by atoms with E-state index in [9.17, 15) is 9.59 Å². The van der Waals surface area contributed by atoms with Crippen LogP contribution in [0.5, 0.6) is 0 Å². The monoisotopic (exact) mass is 401 g/mol. The van der Waals surface area contributed by atoms with Crippen LogP contribution in [0.4, 0.5) is 0 Å². The Morgan fingerprint density at radius 1 is 1.04 bits per heavy atom. The third-order valence-corrected chi connectivity index (χ3v) is 6.77. The zero-order valence-electron chi connectivity index (χ0n) is 17.4. The fourth-order valence-electron chi connectivity index (χ4n) is 4.25. The molecule has 0 aliphatic heterocycles. The maximum atomic E-state index is 12.6. The molecule has 2 aliphatic carbocycles. The van der Waals surface area contributed by atoms with Crippen LogP contribution in [0.2, 0.25) is 0 Å². The first kappa shape index (κ1) is 24.2. The number of halogens is 1. The van der Waals surface area contributed by atoms with Crippen LogP contribution in [0.3, 0.4) is 0 Å². The summed E-state index contributed by atoms with van der Waals surface area (Å²) >= 11 is 0.